The molecule has 0 bridgehead atoms. The van der Waals surface area contributed by atoms with E-state index in [4.69, 9.17) is 15.2 Å². The molecule has 1 aliphatic heterocycles. The molecule has 7 nitrogen and oxygen atoms in total. The number of nitrogens with two attached hydrogens (primary N) is 1. The third kappa shape index (κ3) is 4.94. The predicted octanol–water partition coefficient (Wildman–Crippen LogP) is 4.33. The van der Waals surface area contributed by atoms with E-state index in [2.05, 4.69) is 29.8 Å². The smallest absolute Gasteiger partial charge is 0.255 e. The minimum absolute atomic E-state index is 0.0792. The number of hydrogen-bond donors (Lipinski definition) is 1. The van der Waals surface area contributed by atoms with Crippen molar-refractivity contribution in [3.8, 4) is 28.1 Å². The number of morpholine rings is 1. The zero-order chi connectivity index (χ0) is 24.6. The summed E-state index contributed by atoms with van der Waals surface area (Å²) in [5, 5.41) is 1.14. The van der Waals surface area contributed by atoms with Gasteiger partial charge in [0.05, 0.1) is 28.8 Å². The number of Topliss-reactive ketones (excluding diaryl/α,β-unsaturated/α-hetero) is 1. The Kier molecular flexibility index (Phi) is 6.34. The van der Waals surface area contributed by atoms with Crippen LogP contribution in [0.4, 0.5) is 5.00 Å². The van der Waals surface area contributed by atoms with E-state index in [1.807, 2.05) is 30.5 Å². The predicted molar refractivity (Wildman–Crippen MR) is 137 cm³/mol. The second-order valence-corrected chi connectivity index (χ2v) is 10.8. The SMILES string of the molecule is CC1(C)CC(=O)c2sc(N3CCOCC3)c(-c3ccnc(-c4cccc(OCC(N)=O)c4)c3)c2C1. The highest BCUT2D eigenvalue weighted by Gasteiger charge is 2.37. The van der Waals surface area contributed by atoms with E-state index in [-0.39, 0.29) is 17.8 Å². The first-order chi connectivity index (χ1) is 16.8. The third-order valence-electron chi connectivity index (χ3n) is 6.39. The quantitative estimate of drug-likeness (QED) is 0.551. The molecule has 2 N–H and O–H groups in total. The fraction of sp³-hybridized carbons (Fsp3) is 0.370. The van der Waals surface area contributed by atoms with Crippen LogP contribution in [-0.2, 0) is 16.0 Å². The number of fused-ring (bicyclic) bond motifs is 1. The lowest BCUT2D eigenvalue weighted by Gasteiger charge is -2.30. The Morgan fingerprint density at radius 1 is 1.17 bits per heavy atom. The topological polar surface area (TPSA) is 94.8 Å². The van der Waals surface area contributed by atoms with Crippen molar-refractivity contribution in [3.05, 3.63) is 53.0 Å². The van der Waals surface area contributed by atoms with Gasteiger partial charge in [-0.15, -0.1) is 11.3 Å². The number of carbonyl (C=O) groups is 2. The number of thiophene rings is 1. The number of carbonyl (C=O) groups excluding carboxylic acids is 2. The van der Waals surface area contributed by atoms with Crippen LogP contribution in [0.15, 0.2) is 42.6 Å². The summed E-state index contributed by atoms with van der Waals surface area (Å²) in [7, 11) is 0. The molecule has 1 fully saturated rings. The second-order valence-electron chi connectivity index (χ2n) is 9.84. The number of aromatic nitrogens is 1. The summed E-state index contributed by atoms with van der Waals surface area (Å²) < 4.78 is 11.1. The molecule has 0 saturated carbocycles. The molecule has 182 valence electrons. The maximum atomic E-state index is 13.1. The van der Waals surface area contributed by atoms with Crippen molar-refractivity contribution in [2.24, 2.45) is 11.1 Å². The highest BCUT2D eigenvalue weighted by atomic mass is 32.1. The zero-order valence-electron chi connectivity index (χ0n) is 20.0. The number of benzene rings is 1. The first kappa shape index (κ1) is 23.5. The Balaban J connectivity index is 1.59. The highest BCUT2D eigenvalue weighted by molar-refractivity contribution is 7.19. The van der Waals surface area contributed by atoms with Crippen molar-refractivity contribution in [2.75, 3.05) is 37.8 Å². The molecule has 0 spiro atoms. The van der Waals surface area contributed by atoms with Gasteiger partial charge in [0, 0.05) is 36.8 Å². The molecule has 0 radical (unpaired) electrons. The van der Waals surface area contributed by atoms with E-state index in [9.17, 15) is 9.59 Å². The van der Waals surface area contributed by atoms with Gasteiger partial charge in [0.1, 0.15) is 5.75 Å². The minimum atomic E-state index is -0.522. The van der Waals surface area contributed by atoms with Gasteiger partial charge in [0.25, 0.3) is 5.91 Å². The van der Waals surface area contributed by atoms with E-state index in [0.717, 1.165) is 57.3 Å². The molecular weight excluding hydrogens is 462 g/mol. The molecule has 1 amide bonds. The molecule has 3 aromatic rings. The van der Waals surface area contributed by atoms with Gasteiger partial charge >= 0.3 is 0 Å². The van der Waals surface area contributed by atoms with Crippen LogP contribution in [-0.4, -0.2) is 49.6 Å². The van der Waals surface area contributed by atoms with Crippen LogP contribution in [0.1, 0.15) is 35.5 Å². The van der Waals surface area contributed by atoms with Crippen LogP contribution in [0, 0.1) is 5.41 Å². The number of pyridine rings is 1. The minimum Gasteiger partial charge on any atom is -0.484 e. The van der Waals surface area contributed by atoms with Crippen LogP contribution in [0.25, 0.3) is 22.4 Å². The number of primary amides is 1. The Hall–Kier alpha value is -3.23. The Labute approximate surface area is 208 Å². The molecule has 1 saturated heterocycles. The van der Waals surface area contributed by atoms with Gasteiger partial charge in [-0.3, -0.25) is 14.6 Å². The number of ketones is 1. The maximum absolute atomic E-state index is 13.1. The van der Waals surface area contributed by atoms with Crippen LogP contribution < -0.4 is 15.4 Å². The van der Waals surface area contributed by atoms with E-state index >= 15 is 0 Å². The summed E-state index contributed by atoms with van der Waals surface area (Å²) in [5.74, 6) is 0.268. The normalized spacial score (nSPS) is 17.2. The van der Waals surface area contributed by atoms with Crippen molar-refractivity contribution in [2.45, 2.75) is 26.7 Å². The van der Waals surface area contributed by atoms with Crippen molar-refractivity contribution in [3.63, 3.8) is 0 Å². The average molecular weight is 492 g/mol. The van der Waals surface area contributed by atoms with Gasteiger partial charge in [-0.25, -0.2) is 0 Å². The monoisotopic (exact) mass is 491 g/mol. The summed E-state index contributed by atoms with van der Waals surface area (Å²) >= 11 is 1.62. The van der Waals surface area contributed by atoms with Crippen molar-refractivity contribution >= 4 is 28.0 Å². The lowest BCUT2D eigenvalue weighted by molar-refractivity contribution is -0.119. The van der Waals surface area contributed by atoms with Crippen LogP contribution in [0.2, 0.25) is 0 Å². The largest absolute Gasteiger partial charge is 0.484 e. The van der Waals surface area contributed by atoms with E-state index in [0.29, 0.717) is 25.4 Å². The molecule has 2 aliphatic rings. The third-order valence-corrected chi connectivity index (χ3v) is 7.73. The Bertz CT molecular complexity index is 1280. The summed E-state index contributed by atoms with van der Waals surface area (Å²) in [6, 6.07) is 11.6. The summed E-state index contributed by atoms with van der Waals surface area (Å²) in [4.78, 5) is 32.1. The van der Waals surface area contributed by atoms with Gasteiger partial charge in [-0.2, -0.15) is 0 Å². The lowest BCUT2D eigenvalue weighted by Crippen LogP contribution is -2.36. The van der Waals surface area contributed by atoms with Crippen LogP contribution in [0.3, 0.4) is 0 Å². The standard InChI is InChI=1S/C27H29N3O4S/c1-27(2)14-20-24(26(30-8-10-33-11-9-30)35-25(20)22(31)15-27)18-6-7-29-21(13-18)17-4-3-5-19(12-17)34-16-23(28)32/h3-7,12-13H,8-11,14-16H2,1-2H3,(H2,28,32). The van der Waals surface area contributed by atoms with Gasteiger partial charge in [0.15, 0.2) is 12.4 Å². The first-order valence-corrected chi connectivity index (χ1v) is 12.6. The molecule has 3 heterocycles. The molecule has 0 unspecified atom stereocenters. The Morgan fingerprint density at radius 2 is 1.97 bits per heavy atom. The first-order valence-electron chi connectivity index (χ1n) is 11.8. The summed E-state index contributed by atoms with van der Waals surface area (Å²) in [6.45, 7) is 7.13. The van der Waals surface area contributed by atoms with Crippen molar-refractivity contribution in [1.82, 2.24) is 4.98 Å². The van der Waals surface area contributed by atoms with Crippen molar-refractivity contribution < 1.29 is 19.1 Å². The number of amides is 1. The Morgan fingerprint density at radius 3 is 2.74 bits per heavy atom. The number of ether oxygens (including phenoxy) is 2. The van der Waals surface area contributed by atoms with Gasteiger partial charge < -0.3 is 20.1 Å². The van der Waals surface area contributed by atoms with Crippen molar-refractivity contribution in [1.29, 1.82) is 0 Å². The zero-order valence-corrected chi connectivity index (χ0v) is 20.8. The number of anilines is 1. The van der Waals surface area contributed by atoms with Crippen LogP contribution in [0.5, 0.6) is 5.75 Å². The highest BCUT2D eigenvalue weighted by Crippen LogP contribution is 2.49. The van der Waals surface area contributed by atoms with E-state index < -0.39 is 5.91 Å². The maximum Gasteiger partial charge on any atom is 0.255 e. The van der Waals surface area contributed by atoms with Crippen LogP contribution >= 0.6 is 11.3 Å². The van der Waals surface area contributed by atoms with Gasteiger partial charge in [-0.05, 0) is 47.2 Å². The fourth-order valence-electron chi connectivity index (χ4n) is 4.83. The molecular formula is C27H29N3O4S. The second kappa shape index (κ2) is 9.43. The molecule has 0 atom stereocenters. The molecule has 1 aliphatic carbocycles. The summed E-state index contributed by atoms with van der Waals surface area (Å²) in [5.41, 5.74) is 10.1. The van der Waals surface area contributed by atoms with Gasteiger partial charge in [0.2, 0.25) is 0 Å². The molecule has 5 rings (SSSR count). The molecule has 1 aromatic carbocycles. The molecule has 2 aromatic heterocycles. The average Bonchev–Trinajstić information content (AvgIpc) is 3.22. The van der Waals surface area contributed by atoms with Gasteiger partial charge in [-0.1, -0.05) is 26.0 Å². The lowest BCUT2D eigenvalue weighted by atomic mass is 9.75. The number of nitrogens with zero attached hydrogens (tertiary/aromatic N) is 2. The molecule has 8 heteroatoms. The molecule has 35 heavy (non-hydrogen) atoms. The van der Waals surface area contributed by atoms with E-state index in [1.54, 1.807) is 17.4 Å². The number of hydrogen-bond acceptors (Lipinski definition) is 7. The van der Waals surface area contributed by atoms with E-state index in [1.165, 1.54) is 0 Å². The number of rotatable bonds is 6. The summed E-state index contributed by atoms with van der Waals surface area (Å²) in [6.07, 6.45) is 3.24. The fourth-order valence-corrected chi connectivity index (χ4v) is 6.16.